The van der Waals surface area contributed by atoms with Crippen LogP contribution in [0.25, 0.3) is 0 Å². The molecule has 2 aromatic rings. The van der Waals surface area contributed by atoms with Crippen LogP contribution >= 0.6 is 11.8 Å². The maximum absolute atomic E-state index is 13.2. The second-order valence-corrected chi connectivity index (χ2v) is 4.66. The van der Waals surface area contributed by atoms with E-state index in [0.29, 0.717) is 0 Å². The summed E-state index contributed by atoms with van der Waals surface area (Å²) in [4.78, 5) is 25.1. The first-order valence-electron chi connectivity index (χ1n) is 5.29. The first-order chi connectivity index (χ1) is 9.49. The number of nitro groups is 1. The normalized spacial score (nSPS) is 10.2. The van der Waals surface area contributed by atoms with Gasteiger partial charge in [0.2, 0.25) is 0 Å². The van der Waals surface area contributed by atoms with Crippen molar-refractivity contribution in [2.45, 2.75) is 9.92 Å². The van der Waals surface area contributed by atoms with Crippen molar-refractivity contribution < 1.29 is 19.2 Å². The van der Waals surface area contributed by atoms with E-state index >= 15 is 0 Å². The van der Waals surface area contributed by atoms with E-state index < -0.39 is 16.7 Å². The zero-order chi connectivity index (χ0) is 14.7. The van der Waals surface area contributed by atoms with E-state index in [0.717, 1.165) is 30.0 Å². The lowest BCUT2D eigenvalue weighted by Gasteiger charge is -2.05. The van der Waals surface area contributed by atoms with Crippen LogP contribution in [-0.2, 0) is 0 Å². The second-order valence-electron chi connectivity index (χ2n) is 3.63. The SMILES string of the molecule is O=C(O)c1cccnc1Sc1cc(F)ccc1[N+](=O)[O-]. The molecule has 0 saturated heterocycles. The first kappa shape index (κ1) is 13.9. The number of nitro benzene ring substituents is 1. The van der Waals surface area contributed by atoms with Crippen LogP contribution in [0.4, 0.5) is 10.1 Å². The van der Waals surface area contributed by atoms with Crippen molar-refractivity contribution in [2.75, 3.05) is 0 Å². The van der Waals surface area contributed by atoms with Gasteiger partial charge < -0.3 is 5.11 Å². The Bertz CT molecular complexity index is 693. The zero-order valence-electron chi connectivity index (χ0n) is 9.82. The van der Waals surface area contributed by atoms with Gasteiger partial charge in [-0.05, 0) is 24.3 Å². The van der Waals surface area contributed by atoms with Crippen molar-refractivity contribution in [3.05, 3.63) is 58.0 Å². The summed E-state index contributed by atoms with van der Waals surface area (Å²) in [6, 6.07) is 5.74. The number of aromatic nitrogens is 1. The van der Waals surface area contributed by atoms with E-state index in [1.807, 2.05) is 0 Å². The third-order valence-electron chi connectivity index (χ3n) is 2.33. The van der Waals surface area contributed by atoms with Gasteiger partial charge in [-0.1, -0.05) is 11.8 Å². The number of benzene rings is 1. The maximum atomic E-state index is 13.2. The third-order valence-corrected chi connectivity index (χ3v) is 3.39. The fraction of sp³-hybridized carbons (Fsp3) is 0. The first-order valence-corrected chi connectivity index (χ1v) is 6.11. The molecule has 0 unspecified atom stereocenters. The molecule has 0 fully saturated rings. The summed E-state index contributed by atoms with van der Waals surface area (Å²) in [7, 11) is 0. The minimum atomic E-state index is -1.21. The van der Waals surface area contributed by atoms with Crippen molar-refractivity contribution in [1.82, 2.24) is 4.98 Å². The number of rotatable bonds is 4. The number of halogens is 1. The van der Waals surface area contributed by atoms with E-state index in [1.165, 1.54) is 18.3 Å². The van der Waals surface area contributed by atoms with Gasteiger partial charge in [0, 0.05) is 12.3 Å². The Kier molecular flexibility index (Phi) is 3.94. The van der Waals surface area contributed by atoms with Gasteiger partial charge >= 0.3 is 5.97 Å². The Morgan fingerprint density at radius 2 is 2.15 bits per heavy atom. The molecule has 0 aliphatic rings. The number of nitrogens with zero attached hydrogens (tertiary/aromatic N) is 2. The highest BCUT2D eigenvalue weighted by Crippen LogP contribution is 2.35. The fourth-order valence-corrected chi connectivity index (χ4v) is 2.47. The van der Waals surface area contributed by atoms with E-state index in [2.05, 4.69) is 4.98 Å². The highest BCUT2D eigenvalue weighted by atomic mass is 32.2. The van der Waals surface area contributed by atoms with Crippen LogP contribution in [0.1, 0.15) is 10.4 Å². The standard InChI is InChI=1S/C12H7FN2O4S/c13-7-3-4-9(15(18)19)10(6-7)20-11-8(12(16)17)2-1-5-14-11/h1-6H,(H,16,17). The minimum absolute atomic E-state index is 0.00352. The number of carboxylic acid groups (broad SMARTS) is 1. The molecule has 0 bridgehead atoms. The quantitative estimate of drug-likeness (QED) is 0.688. The fourth-order valence-electron chi connectivity index (χ4n) is 1.46. The van der Waals surface area contributed by atoms with Crippen LogP contribution in [0.3, 0.4) is 0 Å². The van der Waals surface area contributed by atoms with Crippen LogP contribution in [0, 0.1) is 15.9 Å². The number of hydrogen-bond donors (Lipinski definition) is 1. The molecule has 2 rings (SSSR count). The van der Waals surface area contributed by atoms with E-state index in [-0.39, 0.29) is 21.2 Å². The Balaban J connectivity index is 2.47. The molecule has 0 aliphatic heterocycles. The second kappa shape index (κ2) is 5.66. The van der Waals surface area contributed by atoms with Crippen LogP contribution in [0.15, 0.2) is 46.5 Å². The molecule has 0 aliphatic carbocycles. The largest absolute Gasteiger partial charge is 0.478 e. The van der Waals surface area contributed by atoms with Crippen molar-refractivity contribution in [3.63, 3.8) is 0 Å². The molecular formula is C12H7FN2O4S. The molecular weight excluding hydrogens is 287 g/mol. The average Bonchev–Trinajstić information content (AvgIpc) is 2.38. The monoisotopic (exact) mass is 294 g/mol. The van der Waals surface area contributed by atoms with Crippen molar-refractivity contribution in [2.24, 2.45) is 0 Å². The third kappa shape index (κ3) is 2.91. The summed E-state index contributed by atoms with van der Waals surface area (Å²) < 4.78 is 13.2. The lowest BCUT2D eigenvalue weighted by molar-refractivity contribution is -0.387. The summed E-state index contributed by atoms with van der Waals surface area (Å²) in [5, 5.41) is 20.0. The predicted octanol–water partition coefficient (Wildman–Crippen LogP) is 2.98. The number of aromatic carboxylic acids is 1. The number of carboxylic acids is 1. The van der Waals surface area contributed by atoms with E-state index in [1.54, 1.807) is 0 Å². The van der Waals surface area contributed by atoms with Gasteiger partial charge in [-0.3, -0.25) is 10.1 Å². The van der Waals surface area contributed by atoms with Crippen molar-refractivity contribution in [3.8, 4) is 0 Å². The van der Waals surface area contributed by atoms with Crippen LogP contribution in [0.2, 0.25) is 0 Å². The Morgan fingerprint density at radius 3 is 2.80 bits per heavy atom. The highest BCUT2D eigenvalue weighted by Gasteiger charge is 2.19. The topological polar surface area (TPSA) is 93.3 Å². The molecule has 1 heterocycles. The van der Waals surface area contributed by atoms with Gasteiger partial charge in [-0.25, -0.2) is 14.2 Å². The Labute approximate surface area is 116 Å². The van der Waals surface area contributed by atoms with Gasteiger partial charge in [0.1, 0.15) is 10.8 Å². The Hall–Kier alpha value is -2.48. The number of carbonyl (C=O) groups is 1. The molecule has 0 atom stereocenters. The summed E-state index contributed by atoms with van der Waals surface area (Å²) in [6.45, 7) is 0. The molecule has 1 aromatic heterocycles. The van der Waals surface area contributed by atoms with E-state index in [9.17, 15) is 19.3 Å². The molecule has 0 spiro atoms. The molecule has 6 nitrogen and oxygen atoms in total. The molecule has 20 heavy (non-hydrogen) atoms. The summed E-state index contributed by atoms with van der Waals surface area (Å²) >= 11 is 0.738. The van der Waals surface area contributed by atoms with Crippen molar-refractivity contribution >= 4 is 23.4 Å². The van der Waals surface area contributed by atoms with Crippen LogP contribution in [-0.4, -0.2) is 21.0 Å². The summed E-state index contributed by atoms with van der Waals surface area (Å²) in [5.74, 6) is -1.86. The lowest BCUT2D eigenvalue weighted by atomic mass is 10.3. The summed E-state index contributed by atoms with van der Waals surface area (Å²) in [5.41, 5.74) is -0.408. The van der Waals surface area contributed by atoms with Gasteiger partial charge in [-0.2, -0.15) is 0 Å². The maximum Gasteiger partial charge on any atom is 0.338 e. The smallest absolute Gasteiger partial charge is 0.338 e. The zero-order valence-corrected chi connectivity index (χ0v) is 10.6. The molecule has 0 radical (unpaired) electrons. The molecule has 0 amide bonds. The summed E-state index contributed by atoms with van der Waals surface area (Å²) in [6.07, 6.45) is 1.36. The number of hydrogen-bond acceptors (Lipinski definition) is 5. The minimum Gasteiger partial charge on any atom is -0.478 e. The van der Waals surface area contributed by atoms with Gasteiger partial charge in [0.25, 0.3) is 5.69 Å². The predicted molar refractivity (Wildman–Crippen MR) is 68.4 cm³/mol. The molecule has 1 aromatic carbocycles. The highest BCUT2D eigenvalue weighted by molar-refractivity contribution is 7.99. The lowest BCUT2D eigenvalue weighted by Crippen LogP contribution is -2.00. The Morgan fingerprint density at radius 1 is 1.40 bits per heavy atom. The number of pyridine rings is 1. The molecule has 8 heteroatoms. The molecule has 102 valence electrons. The average molecular weight is 294 g/mol. The molecule has 1 N–H and O–H groups in total. The van der Waals surface area contributed by atoms with E-state index in [4.69, 9.17) is 5.11 Å². The van der Waals surface area contributed by atoms with Crippen LogP contribution < -0.4 is 0 Å². The molecule has 0 saturated carbocycles. The van der Waals surface area contributed by atoms with Gasteiger partial charge in [0.05, 0.1) is 15.4 Å². The van der Waals surface area contributed by atoms with Gasteiger partial charge in [0.15, 0.2) is 0 Å². The van der Waals surface area contributed by atoms with Crippen LogP contribution in [0.5, 0.6) is 0 Å². The van der Waals surface area contributed by atoms with Gasteiger partial charge in [-0.15, -0.1) is 0 Å². The van der Waals surface area contributed by atoms with Crippen molar-refractivity contribution in [1.29, 1.82) is 0 Å².